The number of hydrogen-bond donors (Lipinski definition) is 0. The van der Waals surface area contributed by atoms with E-state index in [4.69, 9.17) is 13.3 Å². The maximum atomic E-state index is 6.13. The lowest BCUT2D eigenvalue weighted by Crippen LogP contribution is -2.55. The van der Waals surface area contributed by atoms with Crippen molar-refractivity contribution < 1.29 is 13.3 Å². The first-order valence-corrected chi connectivity index (χ1v) is 8.16. The van der Waals surface area contributed by atoms with E-state index in [1.165, 1.54) is 0 Å². The second kappa shape index (κ2) is 6.18. The van der Waals surface area contributed by atoms with Crippen molar-refractivity contribution >= 4 is 14.0 Å². The van der Waals surface area contributed by atoms with Gasteiger partial charge in [0, 0.05) is 25.3 Å². The standard InChI is InChI=1S/C14H20O3Si/c1-3-16-18(15-2,14-11-5-4-6-12-14)17-13-9-7-8-10-13/h4-6,9,11-12H,3,7-8,10H2,1-2H3. The Labute approximate surface area is 110 Å². The molecule has 4 heteroatoms. The maximum Gasteiger partial charge on any atom is 0.602 e. The van der Waals surface area contributed by atoms with Crippen molar-refractivity contribution in [3.63, 3.8) is 0 Å². The largest absolute Gasteiger partial charge is 0.602 e. The fourth-order valence-electron chi connectivity index (χ4n) is 2.13. The number of hydrogen-bond acceptors (Lipinski definition) is 3. The fourth-order valence-corrected chi connectivity index (χ4v) is 4.42. The Morgan fingerprint density at radius 1 is 1.22 bits per heavy atom. The summed E-state index contributed by atoms with van der Waals surface area (Å²) in [5.74, 6) is 1.01. The summed E-state index contributed by atoms with van der Waals surface area (Å²) < 4.78 is 17.7. The molecule has 1 atom stereocenters. The van der Waals surface area contributed by atoms with E-state index in [-0.39, 0.29) is 0 Å². The normalized spacial score (nSPS) is 18.2. The van der Waals surface area contributed by atoms with Gasteiger partial charge in [-0.2, -0.15) is 0 Å². The Hall–Kier alpha value is -1.10. The molecule has 1 aliphatic rings. The minimum atomic E-state index is -2.78. The van der Waals surface area contributed by atoms with Gasteiger partial charge in [0.2, 0.25) is 0 Å². The smallest absolute Gasteiger partial charge is 0.502 e. The van der Waals surface area contributed by atoms with Gasteiger partial charge in [-0.25, -0.2) is 0 Å². The predicted molar refractivity (Wildman–Crippen MR) is 73.5 cm³/mol. The predicted octanol–water partition coefficient (Wildman–Crippen LogP) is 2.60. The Bertz CT molecular complexity index is 405. The van der Waals surface area contributed by atoms with Crippen molar-refractivity contribution in [3.05, 3.63) is 42.2 Å². The van der Waals surface area contributed by atoms with Crippen LogP contribution in [0.2, 0.25) is 0 Å². The average Bonchev–Trinajstić information content (AvgIpc) is 2.92. The molecule has 1 aliphatic carbocycles. The SMILES string of the molecule is CCO[Si](OC)(OC1=CCCC1)c1ccccc1. The van der Waals surface area contributed by atoms with Gasteiger partial charge in [0.15, 0.2) is 0 Å². The van der Waals surface area contributed by atoms with Crippen molar-refractivity contribution in [1.29, 1.82) is 0 Å². The monoisotopic (exact) mass is 264 g/mol. The molecule has 0 saturated heterocycles. The first-order valence-electron chi connectivity index (χ1n) is 6.43. The second-order valence-electron chi connectivity index (χ2n) is 4.22. The molecular formula is C14H20O3Si. The van der Waals surface area contributed by atoms with Crippen molar-refractivity contribution in [3.8, 4) is 0 Å². The molecule has 0 saturated carbocycles. The number of rotatable bonds is 6. The van der Waals surface area contributed by atoms with E-state index >= 15 is 0 Å². The lowest BCUT2D eigenvalue weighted by atomic mass is 10.4. The first kappa shape index (κ1) is 13.3. The topological polar surface area (TPSA) is 27.7 Å². The van der Waals surface area contributed by atoms with Crippen molar-refractivity contribution in [1.82, 2.24) is 0 Å². The van der Waals surface area contributed by atoms with Crippen LogP contribution in [0.4, 0.5) is 0 Å². The van der Waals surface area contributed by atoms with E-state index in [2.05, 4.69) is 6.08 Å². The molecule has 2 rings (SSSR count). The number of benzene rings is 1. The van der Waals surface area contributed by atoms with Crippen LogP contribution in [0, 0.1) is 0 Å². The molecule has 18 heavy (non-hydrogen) atoms. The highest BCUT2D eigenvalue weighted by molar-refractivity contribution is 6.75. The van der Waals surface area contributed by atoms with Crippen LogP contribution >= 0.6 is 0 Å². The molecular weight excluding hydrogens is 244 g/mol. The van der Waals surface area contributed by atoms with Crippen LogP contribution in [0.1, 0.15) is 26.2 Å². The highest BCUT2D eigenvalue weighted by Gasteiger charge is 2.45. The highest BCUT2D eigenvalue weighted by Crippen LogP contribution is 2.23. The van der Waals surface area contributed by atoms with Crippen LogP contribution in [0.15, 0.2) is 42.2 Å². The Morgan fingerprint density at radius 2 is 2.00 bits per heavy atom. The van der Waals surface area contributed by atoms with Crippen LogP contribution < -0.4 is 5.19 Å². The Morgan fingerprint density at radius 3 is 2.56 bits per heavy atom. The maximum absolute atomic E-state index is 6.13. The molecule has 1 aromatic carbocycles. The summed E-state index contributed by atoms with van der Waals surface area (Å²) in [7, 11) is -1.11. The minimum absolute atomic E-state index is 0.586. The molecule has 0 N–H and O–H groups in total. The summed E-state index contributed by atoms with van der Waals surface area (Å²) in [6.07, 6.45) is 5.37. The summed E-state index contributed by atoms with van der Waals surface area (Å²) >= 11 is 0. The van der Waals surface area contributed by atoms with Crippen LogP contribution in [0.5, 0.6) is 0 Å². The molecule has 98 valence electrons. The van der Waals surface area contributed by atoms with Gasteiger partial charge in [-0.05, 0) is 25.8 Å². The molecule has 1 aromatic rings. The third kappa shape index (κ3) is 2.83. The van der Waals surface area contributed by atoms with Gasteiger partial charge >= 0.3 is 8.80 Å². The van der Waals surface area contributed by atoms with Gasteiger partial charge in [-0.15, -0.1) is 0 Å². The van der Waals surface area contributed by atoms with Gasteiger partial charge < -0.3 is 13.3 Å². The molecule has 3 nitrogen and oxygen atoms in total. The molecule has 0 aromatic heterocycles. The van der Waals surface area contributed by atoms with E-state index < -0.39 is 8.80 Å². The van der Waals surface area contributed by atoms with Gasteiger partial charge in [0.1, 0.15) is 0 Å². The van der Waals surface area contributed by atoms with Gasteiger partial charge in [-0.3, -0.25) is 0 Å². The molecule has 0 amide bonds. The lowest BCUT2D eigenvalue weighted by Gasteiger charge is -2.28. The van der Waals surface area contributed by atoms with Crippen molar-refractivity contribution in [2.45, 2.75) is 26.2 Å². The molecule has 1 unspecified atom stereocenters. The Kier molecular flexibility index (Phi) is 4.58. The van der Waals surface area contributed by atoms with Crippen molar-refractivity contribution in [2.75, 3.05) is 13.7 Å². The van der Waals surface area contributed by atoms with Gasteiger partial charge in [0.05, 0.1) is 5.76 Å². The fraction of sp³-hybridized carbons (Fsp3) is 0.429. The second-order valence-corrected chi connectivity index (χ2v) is 6.81. The summed E-state index contributed by atoms with van der Waals surface area (Å²) in [6.45, 7) is 2.55. The van der Waals surface area contributed by atoms with Gasteiger partial charge in [-0.1, -0.05) is 30.3 Å². The third-order valence-corrected chi connectivity index (χ3v) is 5.77. The third-order valence-electron chi connectivity index (χ3n) is 3.00. The van der Waals surface area contributed by atoms with E-state index in [9.17, 15) is 0 Å². The van der Waals surface area contributed by atoms with E-state index in [0.29, 0.717) is 6.61 Å². The lowest BCUT2D eigenvalue weighted by molar-refractivity contribution is 0.123. The Balaban J connectivity index is 2.26. The summed E-state index contributed by atoms with van der Waals surface area (Å²) in [6, 6.07) is 9.99. The highest BCUT2D eigenvalue weighted by atomic mass is 28.4. The zero-order valence-corrected chi connectivity index (χ0v) is 12.0. The quantitative estimate of drug-likeness (QED) is 0.739. The molecule has 0 aliphatic heterocycles. The molecule has 0 spiro atoms. The molecule has 0 fully saturated rings. The summed E-state index contributed by atoms with van der Waals surface area (Å²) in [5.41, 5.74) is 0. The van der Waals surface area contributed by atoms with E-state index in [1.54, 1.807) is 7.11 Å². The zero-order valence-electron chi connectivity index (χ0n) is 11.0. The van der Waals surface area contributed by atoms with Crippen LogP contribution in [0.3, 0.4) is 0 Å². The molecule has 0 heterocycles. The van der Waals surface area contributed by atoms with E-state index in [1.807, 2.05) is 37.3 Å². The average molecular weight is 264 g/mol. The molecule has 0 radical (unpaired) electrons. The molecule has 0 bridgehead atoms. The van der Waals surface area contributed by atoms with Crippen molar-refractivity contribution in [2.24, 2.45) is 0 Å². The van der Waals surface area contributed by atoms with Crippen LogP contribution in [-0.4, -0.2) is 22.5 Å². The zero-order chi connectivity index (χ0) is 12.8. The number of allylic oxidation sites excluding steroid dienone is 2. The van der Waals surface area contributed by atoms with Crippen LogP contribution in [-0.2, 0) is 13.3 Å². The van der Waals surface area contributed by atoms with Crippen LogP contribution in [0.25, 0.3) is 0 Å². The first-order chi connectivity index (χ1) is 8.80. The minimum Gasteiger partial charge on any atom is -0.502 e. The van der Waals surface area contributed by atoms with E-state index in [0.717, 1.165) is 30.2 Å². The van der Waals surface area contributed by atoms with Gasteiger partial charge in [0.25, 0.3) is 0 Å². The summed E-state index contributed by atoms with van der Waals surface area (Å²) in [4.78, 5) is 0. The summed E-state index contributed by atoms with van der Waals surface area (Å²) in [5, 5.41) is 1.02.